The molecule has 0 radical (unpaired) electrons. The lowest BCUT2D eigenvalue weighted by atomic mass is 9.50. The SMILES string of the molecule is CCc1ccc(OC)c(S(=O)(=O)NCC2(OC)C3CC4CC(C3)CC2C4)c1. The van der Waals surface area contributed by atoms with Gasteiger partial charge in [0.15, 0.2) is 0 Å². The smallest absolute Gasteiger partial charge is 0.244 e. The first-order valence-electron chi connectivity index (χ1n) is 10.1. The molecule has 4 aliphatic rings. The molecule has 0 saturated heterocycles. The zero-order valence-corrected chi connectivity index (χ0v) is 17.3. The molecular weight excluding hydrogens is 362 g/mol. The van der Waals surface area contributed by atoms with Gasteiger partial charge in [0.2, 0.25) is 10.0 Å². The molecule has 0 aliphatic heterocycles. The molecule has 4 fully saturated rings. The molecule has 5 rings (SSSR count). The van der Waals surface area contributed by atoms with Crippen molar-refractivity contribution in [2.45, 2.75) is 55.9 Å². The largest absolute Gasteiger partial charge is 0.495 e. The Balaban J connectivity index is 1.59. The summed E-state index contributed by atoms with van der Waals surface area (Å²) in [6.07, 6.45) is 6.85. The van der Waals surface area contributed by atoms with Gasteiger partial charge in [0.05, 0.1) is 12.7 Å². The van der Waals surface area contributed by atoms with Gasteiger partial charge in [-0.05, 0) is 79.9 Å². The number of aryl methyl sites for hydroxylation is 1. The van der Waals surface area contributed by atoms with Crippen molar-refractivity contribution in [2.24, 2.45) is 23.7 Å². The van der Waals surface area contributed by atoms with E-state index in [9.17, 15) is 8.42 Å². The lowest BCUT2D eigenvalue weighted by Crippen LogP contribution is -2.63. The lowest BCUT2D eigenvalue weighted by Gasteiger charge is -2.60. The average molecular weight is 394 g/mol. The predicted octanol–water partition coefficient (Wildman–Crippen LogP) is 3.38. The molecule has 0 aromatic heterocycles. The number of nitrogens with one attached hydrogen (secondary N) is 1. The average Bonchev–Trinajstić information content (AvgIpc) is 2.67. The van der Waals surface area contributed by atoms with Crippen LogP contribution in [0, 0.1) is 23.7 Å². The third-order valence-corrected chi connectivity index (χ3v) is 8.79. The highest BCUT2D eigenvalue weighted by atomic mass is 32.2. The quantitative estimate of drug-likeness (QED) is 0.771. The second-order valence-corrected chi connectivity index (χ2v) is 10.4. The molecule has 4 aliphatic carbocycles. The van der Waals surface area contributed by atoms with E-state index in [0.717, 1.165) is 23.8 Å². The van der Waals surface area contributed by atoms with Gasteiger partial charge in [-0.15, -0.1) is 0 Å². The normalized spacial score (nSPS) is 34.8. The number of rotatable bonds is 7. The molecule has 0 atom stereocenters. The zero-order valence-electron chi connectivity index (χ0n) is 16.5. The maximum absolute atomic E-state index is 13.1. The second kappa shape index (κ2) is 7.05. The number of hydrogen-bond donors (Lipinski definition) is 1. The summed E-state index contributed by atoms with van der Waals surface area (Å²) >= 11 is 0. The van der Waals surface area contributed by atoms with Crippen LogP contribution < -0.4 is 9.46 Å². The minimum atomic E-state index is -3.67. The molecule has 0 heterocycles. The Morgan fingerprint density at radius 3 is 2.22 bits per heavy atom. The van der Waals surface area contributed by atoms with Gasteiger partial charge in [-0.3, -0.25) is 0 Å². The van der Waals surface area contributed by atoms with Crippen LogP contribution in [-0.2, 0) is 21.2 Å². The van der Waals surface area contributed by atoms with Crippen LogP contribution >= 0.6 is 0 Å². The highest BCUT2D eigenvalue weighted by molar-refractivity contribution is 7.89. The van der Waals surface area contributed by atoms with Crippen LogP contribution in [0.3, 0.4) is 0 Å². The highest BCUT2D eigenvalue weighted by Crippen LogP contribution is 2.59. The van der Waals surface area contributed by atoms with Gasteiger partial charge in [0.25, 0.3) is 0 Å². The number of ether oxygens (including phenoxy) is 2. The van der Waals surface area contributed by atoms with Gasteiger partial charge in [0, 0.05) is 13.7 Å². The molecule has 4 bridgehead atoms. The van der Waals surface area contributed by atoms with Crippen LogP contribution in [0.1, 0.15) is 44.6 Å². The van der Waals surface area contributed by atoms with Crippen molar-refractivity contribution in [1.29, 1.82) is 0 Å². The monoisotopic (exact) mass is 393 g/mol. The van der Waals surface area contributed by atoms with Crippen LogP contribution in [0.5, 0.6) is 5.75 Å². The third kappa shape index (κ3) is 3.19. The minimum absolute atomic E-state index is 0.222. The molecule has 5 nitrogen and oxygen atoms in total. The first-order valence-corrected chi connectivity index (χ1v) is 11.6. The van der Waals surface area contributed by atoms with Gasteiger partial charge in [-0.25, -0.2) is 13.1 Å². The maximum Gasteiger partial charge on any atom is 0.244 e. The molecule has 150 valence electrons. The Hall–Kier alpha value is -1.11. The molecule has 6 heteroatoms. The van der Waals surface area contributed by atoms with Crippen molar-refractivity contribution in [2.75, 3.05) is 20.8 Å². The van der Waals surface area contributed by atoms with Crippen LogP contribution in [0.15, 0.2) is 23.1 Å². The zero-order chi connectivity index (χ0) is 19.2. The molecule has 0 unspecified atom stereocenters. The lowest BCUT2D eigenvalue weighted by molar-refractivity contribution is -0.185. The van der Waals surface area contributed by atoms with Crippen molar-refractivity contribution in [3.8, 4) is 5.75 Å². The van der Waals surface area contributed by atoms with E-state index in [1.807, 2.05) is 13.0 Å². The fourth-order valence-corrected chi connectivity index (χ4v) is 7.41. The van der Waals surface area contributed by atoms with E-state index < -0.39 is 10.0 Å². The van der Waals surface area contributed by atoms with E-state index in [1.165, 1.54) is 39.2 Å². The summed E-state index contributed by atoms with van der Waals surface area (Å²) in [5.41, 5.74) is 0.614. The van der Waals surface area contributed by atoms with Crippen LogP contribution in [0.25, 0.3) is 0 Å². The van der Waals surface area contributed by atoms with E-state index in [1.54, 1.807) is 19.2 Å². The Bertz CT molecular complexity index is 776. The van der Waals surface area contributed by atoms with Crippen LogP contribution in [0.4, 0.5) is 0 Å². The van der Waals surface area contributed by atoms with Gasteiger partial charge >= 0.3 is 0 Å². The first-order chi connectivity index (χ1) is 12.9. The summed E-state index contributed by atoms with van der Waals surface area (Å²) < 4.78 is 40.5. The Kier molecular flexibility index (Phi) is 5.02. The summed E-state index contributed by atoms with van der Waals surface area (Å²) in [5.74, 6) is 2.94. The van der Waals surface area contributed by atoms with Crippen LogP contribution in [0.2, 0.25) is 0 Å². The number of methoxy groups -OCH3 is 2. The standard InChI is InChI=1S/C21H31NO4S/c1-4-14-5-6-19(25-2)20(12-14)27(23,24)22-13-21(26-3)17-8-15-7-16(10-17)11-18(21)9-15/h5-6,12,15-18,22H,4,7-11,13H2,1-3H3. The molecule has 4 saturated carbocycles. The first kappa shape index (κ1) is 19.2. The van der Waals surface area contributed by atoms with E-state index in [4.69, 9.17) is 9.47 Å². The van der Waals surface area contributed by atoms with Crippen molar-refractivity contribution < 1.29 is 17.9 Å². The number of benzene rings is 1. The van der Waals surface area contributed by atoms with Crippen LogP contribution in [-0.4, -0.2) is 34.8 Å². The van der Waals surface area contributed by atoms with Crippen molar-refractivity contribution in [3.05, 3.63) is 23.8 Å². The van der Waals surface area contributed by atoms with Crippen molar-refractivity contribution >= 4 is 10.0 Å². The summed E-state index contributed by atoms with van der Waals surface area (Å²) in [5, 5.41) is 0. The molecule has 1 aromatic rings. The number of hydrogen-bond acceptors (Lipinski definition) is 4. The van der Waals surface area contributed by atoms with Gasteiger partial charge in [-0.2, -0.15) is 0 Å². The summed E-state index contributed by atoms with van der Waals surface area (Å²) in [4.78, 5) is 0.222. The van der Waals surface area contributed by atoms with Crippen molar-refractivity contribution in [3.63, 3.8) is 0 Å². The third-order valence-electron chi connectivity index (χ3n) is 7.36. The molecule has 0 amide bonds. The van der Waals surface area contributed by atoms with E-state index in [2.05, 4.69) is 4.72 Å². The Morgan fingerprint density at radius 1 is 1.07 bits per heavy atom. The number of sulfonamides is 1. The Morgan fingerprint density at radius 2 is 1.70 bits per heavy atom. The Labute approximate surface area is 162 Å². The summed E-state index contributed by atoms with van der Waals surface area (Å²) in [7, 11) is -0.404. The van der Waals surface area contributed by atoms with Gasteiger partial charge in [-0.1, -0.05) is 13.0 Å². The molecule has 27 heavy (non-hydrogen) atoms. The molecule has 1 aromatic carbocycles. The van der Waals surface area contributed by atoms with E-state index >= 15 is 0 Å². The fraction of sp³-hybridized carbons (Fsp3) is 0.714. The highest BCUT2D eigenvalue weighted by Gasteiger charge is 2.57. The second-order valence-electron chi connectivity index (χ2n) is 8.63. The molecule has 0 spiro atoms. The summed E-state index contributed by atoms with van der Waals surface area (Å²) in [6, 6.07) is 5.37. The predicted molar refractivity (Wildman–Crippen MR) is 104 cm³/mol. The minimum Gasteiger partial charge on any atom is -0.495 e. The maximum atomic E-state index is 13.1. The van der Waals surface area contributed by atoms with E-state index in [-0.39, 0.29) is 10.5 Å². The fourth-order valence-electron chi connectivity index (χ4n) is 6.11. The molecular formula is C21H31NO4S. The van der Waals surface area contributed by atoms with Gasteiger partial charge in [0.1, 0.15) is 10.6 Å². The van der Waals surface area contributed by atoms with Crippen molar-refractivity contribution in [1.82, 2.24) is 4.72 Å². The van der Waals surface area contributed by atoms with E-state index in [0.29, 0.717) is 24.1 Å². The molecule has 1 N–H and O–H groups in total. The summed E-state index contributed by atoms with van der Waals surface area (Å²) in [6.45, 7) is 2.36. The van der Waals surface area contributed by atoms with Gasteiger partial charge < -0.3 is 9.47 Å². The topological polar surface area (TPSA) is 64.6 Å².